The zero-order valence-electron chi connectivity index (χ0n) is 16.7. The fourth-order valence-corrected chi connectivity index (χ4v) is 6.17. The lowest BCUT2D eigenvalue weighted by molar-refractivity contribution is -0.121. The molecule has 5 rings (SSSR count). The highest BCUT2D eigenvalue weighted by Gasteiger charge is 2.26. The minimum Gasteiger partial charge on any atom is -0.305 e. The quantitative estimate of drug-likeness (QED) is 0.478. The Morgan fingerprint density at radius 2 is 1.09 bits per heavy atom. The first-order chi connectivity index (χ1) is 16.0. The summed E-state index contributed by atoms with van der Waals surface area (Å²) >= 11 is 4.53. The molecule has 3 aliphatic heterocycles. The number of thioether (sulfide) groups is 1. The van der Waals surface area contributed by atoms with Gasteiger partial charge in [0.1, 0.15) is 0 Å². The molecule has 3 heterocycles. The molecule has 0 saturated carbocycles. The van der Waals surface area contributed by atoms with E-state index >= 15 is 0 Å². The fraction of sp³-hybridized carbons (Fsp3) is 0. The molecule has 0 fully saturated rings. The molecule has 0 spiro atoms. The van der Waals surface area contributed by atoms with Crippen LogP contribution in [0.3, 0.4) is 0 Å². The van der Waals surface area contributed by atoms with Crippen LogP contribution in [0.5, 0.6) is 0 Å². The first kappa shape index (κ1) is 21.6. The summed E-state index contributed by atoms with van der Waals surface area (Å²) in [6.07, 6.45) is 6.93. The van der Waals surface area contributed by atoms with Gasteiger partial charge in [0.05, 0.1) is 15.6 Å². The average molecular weight is 495 g/mol. The molecule has 2 aromatic rings. The SMILES string of the molecule is O=C1C=CC(=O)N1c1ccc(SC2=CNN(Sc3ccc(N4C(=O)C=CC4=O)cc3)S2)cc1. The van der Waals surface area contributed by atoms with Crippen molar-refractivity contribution in [3.8, 4) is 0 Å². The van der Waals surface area contributed by atoms with E-state index in [2.05, 4.69) is 5.43 Å². The topological polar surface area (TPSA) is 90.0 Å². The summed E-state index contributed by atoms with van der Waals surface area (Å²) < 4.78 is 2.90. The highest BCUT2D eigenvalue weighted by atomic mass is 32.2. The summed E-state index contributed by atoms with van der Waals surface area (Å²) in [4.78, 5) is 51.4. The van der Waals surface area contributed by atoms with Crippen LogP contribution < -0.4 is 15.2 Å². The lowest BCUT2D eigenvalue weighted by Crippen LogP contribution is -2.29. The highest BCUT2D eigenvalue weighted by Crippen LogP contribution is 2.43. The van der Waals surface area contributed by atoms with E-state index in [9.17, 15) is 19.2 Å². The number of benzene rings is 2. The summed E-state index contributed by atoms with van der Waals surface area (Å²) in [5.74, 6) is -1.36. The van der Waals surface area contributed by atoms with Crippen LogP contribution in [0.25, 0.3) is 0 Å². The van der Waals surface area contributed by atoms with Crippen LogP contribution in [0.1, 0.15) is 0 Å². The Morgan fingerprint density at radius 3 is 1.58 bits per heavy atom. The number of anilines is 2. The highest BCUT2D eigenvalue weighted by molar-refractivity contribution is 8.25. The van der Waals surface area contributed by atoms with Gasteiger partial charge in [-0.3, -0.25) is 19.2 Å². The van der Waals surface area contributed by atoms with E-state index in [1.807, 2.05) is 34.3 Å². The van der Waals surface area contributed by atoms with Gasteiger partial charge in [0, 0.05) is 52.2 Å². The van der Waals surface area contributed by atoms with Crippen molar-refractivity contribution in [3.05, 3.63) is 83.3 Å². The number of imide groups is 2. The molecule has 3 aliphatic rings. The number of carbonyl (C=O) groups excluding carboxylic acids is 4. The van der Waals surface area contributed by atoms with Crippen LogP contribution in [0.15, 0.2) is 93.1 Å². The Bertz CT molecular complexity index is 1220. The van der Waals surface area contributed by atoms with Crippen LogP contribution in [0.2, 0.25) is 0 Å². The number of hydrazine groups is 1. The van der Waals surface area contributed by atoms with Crippen molar-refractivity contribution < 1.29 is 19.2 Å². The van der Waals surface area contributed by atoms with Crippen molar-refractivity contribution in [2.45, 2.75) is 9.79 Å². The zero-order valence-corrected chi connectivity index (χ0v) is 19.2. The van der Waals surface area contributed by atoms with Gasteiger partial charge in [-0.1, -0.05) is 15.6 Å². The van der Waals surface area contributed by atoms with Gasteiger partial charge in [0.15, 0.2) is 0 Å². The molecule has 11 heteroatoms. The van der Waals surface area contributed by atoms with Gasteiger partial charge in [0.2, 0.25) is 0 Å². The van der Waals surface area contributed by atoms with Gasteiger partial charge in [0.25, 0.3) is 23.6 Å². The maximum absolute atomic E-state index is 11.8. The monoisotopic (exact) mass is 494 g/mol. The van der Waals surface area contributed by atoms with Crippen molar-refractivity contribution in [2.75, 3.05) is 9.80 Å². The largest absolute Gasteiger partial charge is 0.305 e. The minimum absolute atomic E-state index is 0.338. The molecule has 4 amide bonds. The summed E-state index contributed by atoms with van der Waals surface area (Å²) in [7, 11) is 0. The molecule has 0 aromatic heterocycles. The molecule has 0 atom stereocenters. The predicted molar refractivity (Wildman–Crippen MR) is 129 cm³/mol. The molecule has 1 N–H and O–H groups in total. The third-order valence-corrected chi connectivity index (χ3v) is 7.75. The number of nitrogens with one attached hydrogen (secondary N) is 1. The van der Waals surface area contributed by atoms with Gasteiger partial charge >= 0.3 is 0 Å². The van der Waals surface area contributed by atoms with Crippen molar-refractivity contribution in [2.24, 2.45) is 0 Å². The standard InChI is InChI=1S/C22H14N4O4S3/c27-18-9-10-19(28)24(18)14-1-5-16(6-2-14)31-22-13-23-26(33-22)32-17-7-3-15(4-8-17)25-20(29)11-12-21(25)30/h1-13,23H. The number of carbonyl (C=O) groups is 4. The summed E-state index contributed by atoms with van der Waals surface area (Å²) in [5, 5.41) is 0. The van der Waals surface area contributed by atoms with Crippen LogP contribution in [0, 0.1) is 0 Å². The van der Waals surface area contributed by atoms with Crippen molar-refractivity contribution in [3.63, 3.8) is 0 Å². The van der Waals surface area contributed by atoms with Gasteiger partial charge in [-0.25, -0.2) is 9.80 Å². The Morgan fingerprint density at radius 1 is 0.636 bits per heavy atom. The average Bonchev–Trinajstić information content (AvgIpc) is 3.49. The predicted octanol–water partition coefficient (Wildman–Crippen LogP) is 3.61. The number of amides is 4. The maximum Gasteiger partial charge on any atom is 0.258 e. The van der Waals surface area contributed by atoms with Crippen molar-refractivity contribution >= 4 is 70.7 Å². The molecule has 0 bridgehead atoms. The van der Waals surface area contributed by atoms with Crippen LogP contribution in [0.4, 0.5) is 11.4 Å². The molecular formula is C22H14N4O4S3. The number of hydrogen-bond donors (Lipinski definition) is 1. The van der Waals surface area contributed by atoms with E-state index in [0.29, 0.717) is 11.4 Å². The first-order valence-corrected chi connectivity index (χ1v) is 12.0. The van der Waals surface area contributed by atoms with Crippen LogP contribution in [-0.4, -0.2) is 27.4 Å². The molecule has 0 unspecified atom stereocenters. The van der Waals surface area contributed by atoms with E-state index < -0.39 is 0 Å². The third-order valence-electron chi connectivity index (χ3n) is 4.68. The number of nitrogens with zero attached hydrogens (tertiary/aromatic N) is 3. The molecule has 2 aromatic carbocycles. The van der Waals surface area contributed by atoms with E-state index in [0.717, 1.165) is 23.8 Å². The van der Waals surface area contributed by atoms with Crippen LogP contribution >= 0.6 is 35.7 Å². The van der Waals surface area contributed by atoms with Gasteiger partial charge in [-0.05, 0) is 60.5 Å². The van der Waals surface area contributed by atoms with E-state index in [4.69, 9.17) is 0 Å². The lowest BCUT2D eigenvalue weighted by Gasteiger charge is -2.16. The summed E-state index contributed by atoms with van der Waals surface area (Å²) in [5.41, 5.74) is 4.24. The Hall–Kier alpha value is -3.25. The van der Waals surface area contributed by atoms with Crippen molar-refractivity contribution in [1.82, 2.24) is 9.25 Å². The van der Waals surface area contributed by atoms with E-state index in [1.165, 1.54) is 48.2 Å². The second-order valence-corrected chi connectivity index (χ2v) is 10.4. The maximum atomic E-state index is 11.8. The van der Waals surface area contributed by atoms with Gasteiger partial charge in [-0.2, -0.15) is 0 Å². The summed E-state index contributed by atoms with van der Waals surface area (Å²) in [6, 6.07) is 14.4. The minimum atomic E-state index is -0.341. The molecule has 0 saturated heterocycles. The molecule has 0 aliphatic carbocycles. The fourth-order valence-electron chi connectivity index (χ4n) is 3.17. The second kappa shape index (κ2) is 8.94. The molecule has 8 nitrogen and oxygen atoms in total. The summed E-state index contributed by atoms with van der Waals surface area (Å²) in [6.45, 7) is 0. The Labute approximate surface area is 201 Å². The number of rotatable bonds is 6. The van der Waals surface area contributed by atoms with E-state index in [-0.39, 0.29) is 23.6 Å². The molecular weight excluding hydrogens is 480 g/mol. The second-order valence-electron chi connectivity index (χ2n) is 6.81. The molecule has 33 heavy (non-hydrogen) atoms. The normalized spacial score (nSPS) is 18.0. The zero-order chi connectivity index (χ0) is 22.9. The first-order valence-electron chi connectivity index (χ1n) is 9.60. The Balaban J connectivity index is 1.15. The molecule has 0 radical (unpaired) electrons. The third kappa shape index (κ3) is 4.48. The van der Waals surface area contributed by atoms with Gasteiger partial charge in [-0.15, -0.1) is 0 Å². The number of hydrogen-bond acceptors (Lipinski definition) is 9. The van der Waals surface area contributed by atoms with E-state index in [1.54, 1.807) is 36.0 Å². The Kier molecular flexibility index (Phi) is 5.85. The van der Waals surface area contributed by atoms with Crippen LogP contribution in [-0.2, 0) is 19.2 Å². The van der Waals surface area contributed by atoms with Crippen molar-refractivity contribution in [1.29, 1.82) is 0 Å². The van der Waals surface area contributed by atoms with Gasteiger partial charge < -0.3 is 5.43 Å². The lowest BCUT2D eigenvalue weighted by atomic mass is 10.3. The molecule has 164 valence electrons. The smallest absolute Gasteiger partial charge is 0.258 e.